The number of halogens is 3. The Kier molecular flexibility index (Phi) is 2.08. The predicted octanol–water partition coefficient (Wildman–Crippen LogP) is 3.65. The molecule has 1 heterocycles. The second kappa shape index (κ2) is 2.99. The minimum absolute atomic E-state index is 0.114. The first kappa shape index (κ1) is 9.02. The van der Waals surface area contributed by atoms with E-state index >= 15 is 0 Å². The molecule has 2 aromatic rings. The van der Waals surface area contributed by atoms with Crippen molar-refractivity contribution in [2.45, 2.75) is 6.92 Å². The van der Waals surface area contributed by atoms with Crippen LogP contribution in [0.3, 0.4) is 0 Å². The molecular formula is C8H4BrF2NS. The van der Waals surface area contributed by atoms with Crippen LogP contribution < -0.4 is 0 Å². The summed E-state index contributed by atoms with van der Waals surface area (Å²) in [6.07, 6.45) is 0. The van der Waals surface area contributed by atoms with Crippen molar-refractivity contribution in [3.05, 3.63) is 27.2 Å². The van der Waals surface area contributed by atoms with Crippen LogP contribution in [0.4, 0.5) is 8.78 Å². The highest BCUT2D eigenvalue weighted by molar-refractivity contribution is 9.10. The van der Waals surface area contributed by atoms with Gasteiger partial charge in [0.1, 0.15) is 0 Å². The Morgan fingerprint density at radius 1 is 1.38 bits per heavy atom. The maximum Gasteiger partial charge on any atom is 0.179 e. The van der Waals surface area contributed by atoms with Crippen molar-refractivity contribution in [2.75, 3.05) is 0 Å². The average Bonchev–Trinajstić information content (AvgIpc) is 2.42. The zero-order valence-corrected chi connectivity index (χ0v) is 8.97. The van der Waals surface area contributed by atoms with Crippen LogP contribution in [0, 0.1) is 18.6 Å². The van der Waals surface area contributed by atoms with Gasteiger partial charge in [-0.15, -0.1) is 11.3 Å². The van der Waals surface area contributed by atoms with Crippen molar-refractivity contribution in [1.82, 2.24) is 4.98 Å². The fraction of sp³-hybridized carbons (Fsp3) is 0.125. The molecule has 1 aromatic heterocycles. The SMILES string of the molecule is Cc1nc2cc(Br)c(F)c(F)c2s1. The molecule has 0 saturated heterocycles. The van der Waals surface area contributed by atoms with E-state index in [1.54, 1.807) is 6.92 Å². The van der Waals surface area contributed by atoms with Crippen LogP contribution in [-0.4, -0.2) is 4.98 Å². The summed E-state index contributed by atoms with van der Waals surface area (Å²) in [6, 6.07) is 1.48. The molecule has 0 fully saturated rings. The normalized spacial score (nSPS) is 11.1. The largest absolute Gasteiger partial charge is 0.241 e. The summed E-state index contributed by atoms with van der Waals surface area (Å²) in [4.78, 5) is 4.06. The summed E-state index contributed by atoms with van der Waals surface area (Å²) in [5.74, 6) is -1.67. The fourth-order valence-corrected chi connectivity index (χ4v) is 2.30. The molecule has 0 bridgehead atoms. The van der Waals surface area contributed by atoms with Gasteiger partial charge in [-0.25, -0.2) is 13.8 Å². The van der Waals surface area contributed by atoms with Gasteiger partial charge in [0, 0.05) is 0 Å². The molecule has 0 aliphatic rings. The number of thiazole rings is 1. The second-order valence-corrected chi connectivity index (χ2v) is 4.63. The van der Waals surface area contributed by atoms with Crippen molar-refractivity contribution in [2.24, 2.45) is 0 Å². The van der Waals surface area contributed by atoms with Gasteiger partial charge in [0.05, 0.1) is 19.7 Å². The van der Waals surface area contributed by atoms with E-state index in [1.165, 1.54) is 6.07 Å². The summed E-state index contributed by atoms with van der Waals surface area (Å²) >= 11 is 4.08. The number of benzene rings is 1. The molecule has 0 amide bonds. The van der Waals surface area contributed by atoms with E-state index in [-0.39, 0.29) is 9.17 Å². The molecule has 0 unspecified atom stereocenters. The first-order chi connectivity index (χ1) is 6.09. The third-order valence-corrected chi connectivity index (χ3v) is 3.18. The second-order valence-electron chi connectivity index (χ2n) is 2.57. The van der Waals surface area contributed by atoms with Crippen LogP contribution in [-0.2, 0) is 0 Å². The Morgan fingerprint density at radius 2 is 2.08 bits per heavy atom. The van der Waals surface area contributed by atoms with Crippen molar-refractivity contribution in [1.29, 1.82) is 0 Å². The lowest BCUT2D eigenvalue weighted by Gasteiger charge is -1.95. The van der Waals surface area contributed by atoms with E-state index in [9.17, 15) is 8.78 Å². The molecule has 0 radical (unpaired) electrons. The topological polar surface area (TPSA) is 12.9 Å². The molecular weight excluding hydrogens is 260 g/mol. The van der Waals surface area contributed by atoms with Gasteiger partial charge in [-0.1, -0.05) is 0 Å². The number of rotatable bonds is 0. The van der Waals surface area contributed by atoms with Crippen LogP contribution in [0.5, 0.6) is 0 Å². The van der Waals surface area contributed by atoms with E-state index in [2.05, 4.69) is 20.9 Å². The molecule has 1 nitrogen and oxygen atoms in total. The van der Waals surface area contributed by atoms with Crippen LogP contribution >= 0.6 is 27.3 Å². The lowest BCUT2D eigenvalue weighted by atomic mass is 10.3. The van der Waals surface area contributed by atoms with Crippen molar-refractivity contribution >= 4 is 37.5 Å². The summed E-state index contributed by atoms with van der Waals surface area (Å²) in [5.41, 5.74) is 0.494. The first-order valence-electron chi connectivity index (χ1n) is 3.50. The molecule has 2 rings (SSSR count). The van der Waals surface area contributed by atoms with Gasteiger partial charge in [0.15, 0.2) is 11.6 Å². The smallest absolute Gasteiger partial charge is 0.179 e. The molecule has 0 saturated carbocycles. The number of hydrogen-bond acceptors (Lipinski definition) is 2. The Hall–Kier alpha value is -0.550. The fourth-order valence-electron chi connectivity index (χ4n) is 1.09. The van der Waals surface area contributed by atoms with E-state index < -0.39 is 11.6 Å². The van der Waals surface area contributed by atoms with Crippen molar-refractivity contribution in [3.8, 4) is 0 Å². The Balaban J connectivity index is 2.92. The molecule has 13 heavy (non-hydrogen) atoms. The standard InChI is InChI=1S/C8H4BrF2NS/c1-3-12-5-2-4(9)6(10)7(11)8(5)13-3/h2H,1H3. The van der Waals surface area contributed by atoms with Crippen molar-refractivity contribution in [3.63, 3.8) is 0 Å². The van der Waals surface area contributed by atoms with E-state index in [0.29, 0.717) is 5.52 Å². The summed E-state index contributed by atoms with van der Waals surface area (Å²) in [7, 11) is 0. The minimum Gasteiger partial charge on any atom is -0.241 e. The molecule has 0 aliphatic carbocycles. The Labute approximate surface area is 85.5 Å². The third kappa shape index (κ3) is 1.36. The maximum atomic E-state index is 13.2. The number of nitrogens with zero attached hydrogens (tertiary/aromatic N) is 1. The van der Waals surface area contributed by atoms with Gasteiger partial charge in [-0.2, -0.15) is 0 Å². The van der Waals surface area contributed by atoms with E-state index in [4.69, 9.17) is 0 Å². The number of fused-ring (bicyclic) bond motifs is 1. The van der Waals surface area contributed by atoms with Crippen molar-refractivity contribution < 1.29 is 8.78 Å². The Bertz CT molecular complexity index is 480. The molecule has 0 spiro atoms. The lowest BCUT2D eigenvalue weighted by molar-refractivity contribution is 0.513. The predicted molar refractivity (Wildman–Crippen MR) is 52.0 cm³/mol. The third-order valence-electron chi connectivity index (χ3n) is 1.63. The maximum absolute atomic E-state index is 13.2. The summed E-state index contributed by atoms with van der Waals surface area (Å²) in [5, 5.41) is 0.728. The zero-order valence-electron chi connectivity index (χ0n) is 6.57. The first-order valence-corrected chi connectivity index (χ1v) is 5.11. The van der Waals surface area contributed by atoms with E-state index in [0.717, 1.165) is 16.3 Å². The number of aromatic nitrogens is 1. The average molecular weight is 264 g/mol. The van der Waals surface area contributed by atoms with Crippen LogP contribution in [0.15, 0.2) is 10.5 Å². The molecule has 0 N–H and O–H groups in total. The summed E-state index contributed by atoms with van der Waals surface area (Å²) in [6.45, 7) is 1.76. The number of hydrogen-bond donors (Lipinski definition) is 0. The van der Waals surface area contributed by atoms with Crippen LogP contribution in [0.2, 0.25) is 0 Å². The highest BCUT2D eigenvalue weighted by Crippen LogP contribution is 2.30. The molecule has 0 aliphatic heterocycles. The molecule has 5 heteroatoms. The van der Waals surface area contributed by atoms with Crippen LogP contribution in [0.1, 0.15) is 5.01 Å². The lowest BCUT2D eigenvalue weighted by Crippen LogP contribution is -1.85. The number of aryl methyl sites for hydroxylation is 1. The van der Waals surface area contributed by atoms with Gasteiger partial charge in [-0.3, -0.25) is 0 Å². The quantitative estimate of drug-likeness (QED) is 0.662. The Morgan fingerprint density at radius 3 is 2.77 bits per heavy atom. The molecule has 68 valence electrons. The highest BCUT2D eigenvalue weighted by Gasteiger charge is 2.14. The molecule has 0 atom stereocenters. The van der Waals surface area contributed by atoms with Gasteiger partial charge in [0.2, 0.25) is 0 Å². The van der Waals surface area contributed by atoms with Gasteiger partial charge in [0.25, 0.3) is 0 Å². The van der Waals surface area contributed by atoms with Crippen LogP contribution in [0.25, 0.3) is 10.2 Å². The zero-order chi connectivity index (χ0) is 9.59. The summed E-state index contributed by atoms with van der Waals surface area (Å²) < 4.78 is 26.7. The molecule has 1 aromatic carbocycles. The highest BCUT2D eigenvalue weighted by atomic mass is 79.9. The van der Waals surface area contributed by atoms with Gasteiger partial charge >= 0.3 is 0 Å². The van der Waals surface area contributed by atoms with E-state index in [1.807, 2.05) is 0 Å². The van der Waals surface area contributed by atoms with Gasteiger partial charge in [-0.05, 0) is 28.9 Å². The van der Waals surface area contributed by atoms with Gasteiger partial charge < -0.3 is 0 Å². The minimum atomic E-state index is -0.851. The monoisotopic (exact) mass is 263 g/mol.